The molecule has 0 saturated carbocycles. The number of nitrogens with zero attached hydrogens (tertiary/aromatic N) is 3. The molecule has 1 aliphatic rings. The first-order valence-electron chi connectivity index (χ1n) is 5.60. The van der Waals surface area contributed by atoms with E-state index in [-0.39, 0.29) is 0 Å². The number of aryl methyl sites for hydroxylation is 1. The van der Waals surface area contributed by atoms with Gasteiger partial charge in [-0.3, -0.25) is 0 Å². The summed E-state index contributed by atoms with van der Waals surface area (Å²) in [6.45, 7) is 4.27. The van der Waals surface area contributed by atoms with Crippen molar-refractivity contribution in [2.45, 2.75) is 25.8 Å². The van der Waals surface area contributed by atoms with Crippen LogP contribution in [0.25, 0.3) is 0 Å². The third-order valence-corrected chi connectivity index (χ3v) is 3.28. The van der Waals surface area contributed by atoms with Gasteiger partial charge in [-0.1, -0.05) is 0 Å². The van der Waals surface area contributed by atoms with E-state index in [9.17, 15) is 0 Å². The Morgan fingerprint density at radius 3 is 2.69 bits per heavy atom. The predicted octanol–water partition coefficient (Wildman–Crippen LogP) is 2.05. The van der Waals surface area contributed by atoms with Crippen molar-refractivity contribution in [1.82, 2.24) is 14.9 Å². The van der Waals surface area contributed by atoms with Gasteiger partial charge in [-0.05, 0) is 61.9 Å². The third kappa shape index (κ3) is 3.15. The van der Waals surface area contributed by atoms with Crippen LogP contribution in [0.1, 0.15) is 18.5 Å². The Morgan fingerprint density at radius 2 is 2.06 bits per heavy atom. The molecule has 4 nitrogen and oxygen atoms in total. The molecule has 16 heavy (non-hydrogen) atoms. The van der Waals surface area contributed by atoms with Gasteiger partial charge in [-0.15, -0.1) is 0 Å². The fourth-order valence-corrected chi connectivity index (χ4v) is 2.43. The van der Waals surface area contributed by atoms with Gasteiger partial charge in [0.15, 0.2) is 0 Å². The maximum atomic E-state index is 4.38. The van der Waals surface area contributed by atoms with E-state index in [1.54, 1.807) is 0 Å². The minimum atomic E-state index is 0.505. The highest BCUT2D eigenvalue weighted by molar-refractivity contribution is 9.10. The molecular weight excluding hydrogens is 268 g/mol. The second-order valence-corrected chi connectivity index (χ2v) is 5.19. The average Bonchev–Trinajstić information content (AvgIpc) is 2.20. The Bertz CT molecular complexity index is 341. The van der Waals surface area contributed by atoms with E-state index in [2.05, 4.69) is 43.2 Å². The molecule has 2 rings (SSSR count). The molecule has 1 fully saturated rings. The van der Waals surface area contributed by atoms with Crippen LogP contribution in [0.3, 0.4) is 0 Å². The number of rotatable bonds is 2. The van der Waals surface area contributed by atoms with Crippen LogP contribution < -0.4 is 5.32 Å². The molecule has 1 aromatic heterocycles. The maximum Gasteiger partial charge on any atom is 0.224 e. The van der Waals surface area contributed by atoms with Crippen molar-refractivity contribution in [1.29, 1.82) is 0 Å². The van der Waals surface area contributed by atoms with Gasteiger partial charge in [0.2, 0.25) is 5.95 Å². The number of aromatic nitrogens is 2. The van der Waals surface area contributed by atoms with E-state index in [4.69, 9.17) is 0 Å². The van der Waals surface area contributed by atoms with Crippen molar-refractivity contribution >= 4 is 21.9 Å². The monoisotopic (exact) mass is 284 g/mol. The van der Waals surface area contributed by atoms with Crippen LogP contribution in [0.4, 0.5) is 5.95 Å². The minimum Gasteiger partial charge on any atom is -0.351 e. The second-order valence-electron chi connectivity index (χ2n) is 4.38. The molecule has 0 unspecified atom stereocenters. The highest BCUT2D eigenvalue weighted by Gasteiger charge is 2.17. The van der Waals surface area contributed by atoms with Gasteiger partial charge in [-0.2, -0.15) is 0 Å². The Morgan fingerprint density at radius 1 is 1.38 bits per heavy atom. The molecule has 88 valence electrons. The van der Waals surface area contributed by atoms with Crippen LogP contribution in [0, 0.1) is 6.92 Å². The van der Waals surface area contributed by atoms with Crippen molar-refractivity contribution in [3.05, 3.63) is 16.4 Å². The van der Waals surface area contributed by atoms with E-state index in [1.165, 1.54) is 0 Å². The van der Waals surface area contributed by atoms with Gasteiger partial charge in [0, 0.05) is 11.7 Å². The average molecular weight is 285 g/mol. The van der Waals surface area contributed by atoms with Gasteiger partial charge in [-0.25, -0.2) is 9.97 Å². The molecule has 0 radical (unpaired) electrons. The number of piperidine rings is 1. The first kappa shape index (κ1) is 11.8. The Labute approximate surface area is 105 Å². The molecule has 0 spiro atoms. The van der Waals surface area contributed by atoms with Gasteiger partial charge in [0.05, 0.1) is 0 Å². The predicted molar refractivity (Wildman–Crippen MR) is 68.6 cm³/mol. The summed E-state index contributed by atoms with van der Waals surface area (Å²) in [5, 5.41) is 3.40. The lowest BCUT2D eigenvalue weighted by Crippen LogP contribution is -2.37. The Hall–Kier alpha value is -0.680. The lowest BCUT2D eigenvalue weighted by molar-refractivity contribution is 0.263. The standard InChI is InChI=1S/C11H17BrN4/c1-8-7-10(12)15-11(13-8)14-9-3-5-16(2)6-4-9/h7,9H,3-6H2,1-2H3,(H,13,14,15). The van der Waals surface area contributed by atoms with Crippen molar-refractivity contribution in [2.24, 2.45) is 0 Å². The molecule has 0 aromatic carbocycles. The lowest BCUT2D eigenvalue weighted by atomic mass is 10.1. The maximum absolute atomic E-state index is 4.38. The number of hydrogen-bond acceptors (Lipinski definition) is 4. The van der Waals surface area contributed by atoms with Crippen molar-refractivity contribution < 1.29 is 0 Å². The smallest absolute Gasteiger partial charge is 0.224 e. The molecule has 1 saturated heterocycles. The molecule has 2 heterocycles. The number of likely N-dealkylation sites (tertiary alicyclic amines) is 1. The highest BCUT2D eigenvalue weighted by atomic mass is 79.9. The van der Waals surface area contributed by atoms with Crippen molar-refractivity contribution in [3.63, 3.8) is 0 Å². The molecule has 0 bridgehead atoms. The number of hydrogen-bond donors (Lipinski definition) is 1. The molecule has 1 N–H and O–H groups in total. The van der Waals surface area contributed by atoms with E-state index in [1.807, 2.05) is 13.0 Å². The van der Waals surface area contributed by atoms with E-state index in [0.717, 1.165) is 42.2 Å². The largest absolute Gasteiger partial charge is 0.351 e. The molecule has 0 atom stereocenters. The molecule has 5 heteroatoms. The second kappa shape index (κ2) is 5.10. The van der Waals surface area contributed by atoms with Crippen molar-refractivity contribution in [3.8, 4) is 0 Å². The summed E-state index contributed by atoms with van der Waals surface area (Å²) in [7, 11) is 2.16. The van der Waals surface area contributed by atoms with E-state index >= 15 is 0 Å². The topological polar surface area (TPSA) is 41.1 Å². The van der Waals surface area contributed by atoms with Crippen molar-refractivity contribution in [2.75, 3.05) is 25.5 Å². The van der Waals surface area contributed by atoms with Gasteiger partial charge in [0.25, 0.3) is 0 Å². The summed E-state index contributed by atoms with van der Waals surface area (Å²) in [5.41, 5.74) is 0.984. The zero-order valence-corrected chi connectivity index (χ0v) is 11.3. The van der Waals surface area contributed by atoms with Gasteiger partial charge in [0.1, 0.15) is 4.60 Å². The molecular formula is C11H17BrN4. The SMILES string of the molecule is Cc1cc(Br)nc(NC2CCN(C)CC2)n1. The summed E-state index contributed by atoms with van der Waals surface area (Å²) in [6, 6.07) is 2.42. The molecule has 1 aromatic rings. The summed E-state index contributed by atoms with van der Waals surface area (Å²) < 4.78 is 0.843. The van der Waals surface area contributed by atoms with Crippen LogP contribution in [0.15, 0.2) is 10.7 Å². The Balaban J connectivity index is 1.98. The summed E-state index contributed by atoms with van der Waals surface area (Å²) in [6.07, 6.45) is 2.32. The minimum absolute atomic E-state index is 0.505. The summed E-state index contributed by atoms with van der Waals surface area (Å²) in [5.74, 6) is 0.737. The fourth-order valence-electron chi connectivity index (χ4n) is 1.93. The molecule has 1 aliphatic heterocycles. The fraction of sp³-hybridized carbons (Fsp3) is 0.636. The van der Waals surface area contributed by atoms with Gasteiger partial charge >= 0.3 is 0 Å². The lowest BCUT2D eigenvalue weighted by Gasteiger charge is -2.29. The van der Waals surface area contributed by atoms with E-state index < -0.39 is 0 Å². The van der Waals surface area contributed by atoms with Crippen LogP contribution in [0.2, 0.25) is 0 Å². The van der Waals surface area contributed by atoms with E-state index in [0.29, 0.717) is 6.04 Å². The molecule has 0 aliphatic carbocycles. The zero-order chi connectivity index (χ0) is 11.5. The number of anilines is 1. The summed E-state index contributed by atoms with van der Waals surface area (Å²) >= 11 is 3.39. The van der Waals surface area contributed by atoms with Crippen LogP contribution in [0.5, 0.6) is 0 Å². The first-order chi connectivity index (χ1) is 7.63. The first-order valence-corrected chi connectivity index (χ1v) is 6.39. The highest BCUT2D eigenvalue weighted by Crippen LogP contribution is 2.15. The zero-order valence-electron chi connectivity index (χ0n) is 9.70. The quantitative estimate of drug-likeness (QED) is 0.844. The van der Waals surface area contributed by atoms with Crippen LogP contribution in [-0.2, 0) is 0 Å². The van der Waals surface area contributed by atoms with Crippen LogP contribution >= 0.6 is 15.9 Å². The van der Waals surface area contributed by atoms with Crippen LogP contribution in [-0.4, -0.2) is 41.0 Å². The Kier molecular flexibility index (Phi) is 3.76. The van der Waals surface area contributed by atoms with Gasteiger partial charge < -0.3 is 10.2 Å². The summed E-state index contributed by atoms with van der Waals surface area (Å²) in [4.78, 5) is 11.1. The molecule has 0 amide bonds. The normalized spacial score (nSPS) is 18.7. The number of halogens is 1. The number of nitrogens with one attached hydrogen (secondary N) is 1. The third-order valence-electron chi connectivity index (χ3n) is 2.87.